The van der Waals surface area contributed by atoms with Crippen LogP contribution < -0.4 is 0 Å². The molecule has 0 aliphatic carbocycles. The van der Waals surface area contributed by atoms with E-state index in [0.29, 0.717) is 11.4 Å². The highest BCUT2D eigenvalue weighted by Crippen LogP contribution is 2.21. The molecule has 0 saturated carbocycles. The standard InChI is InChI=1S/C15H24N2O3S2/c1-12-13(21-14(16-12)11-22(2,19)20)10-15(18)17-8-6-4-3-5-7-9-17/h3-11H2,1-2H3. The number of sulfone groups is 1. The molecular formula is C15H24N2O3S2. The molecule has 0 radical (unpaired) electrons. The van der Waals surface area contributed by atoms with E-state index in [1.54, 1.807) is 0 Å². The van der Waals surface area contributed by atoms with Crippen molar-refractivity contribution in [2.45, 2.75) is 51.2 Å². The van der Waals surface area contributed by atoms with Gasteiger partial charge in [0.1, 0.15) is 10.8 Å². The minimum Gasteiger partial charge on any atom is -0.342 e. The molecule has 124 valence electrons. The van der Waals surface area contributed by atoms with Crippen molar-refractivity contribution in [2.75, 3.05) is 19.3 Å². The first kappa shape index (κ1) is 17.4. The van der Waals surface area contributed by atoms with Gasteiger partial charge in [-0.25, -0.2) is 13.4 Å². The zero-order valence-corrected chi connectivity index (χ0v) is 14.9. The van der Waals surface area contributed by atoms with E-state index < -0.39 is 9.84 Å². The summed E-state index contributed by atoms with van der Waals surface area (Å²) in [6.07, 6.45) is 7.36. The molecule has 22 heavy (non-hydrogen) atoms. The van der Waals surface area contributed by atoms with Crippen molar-refractivity contribution in [3.05, 3.63) is 15.6 Å². The Bertz CT molecular complexity index is 615. The topological polar surface area (TPSA) is 67.3 Å². The van der Waals surface area contributed by atoms with Crippen LogP contribution in [-0.2, 0) is 26.8 Å². The van der Waals surface area contributed by atoms with Crippen molar-refractivity contribution < 1.29 is 13.2 Å². The lowest BCUT2D eigenvalue weighted by Crippen LogP contribution is -2.34. The Morgan fingerprint density at radius 1 is 1.18 bits per heavy atom. The van der Waals surface area contributed by atoms with Crippen LogP contribution in [0.3, 0.4) is 0 Å². The number of likely N-dealkylation sites (tertiary alicyclic amines) is 1. The molecule has 0 unspecified atom stereocenters. The zero-order chi connectivity index (χ0) is 16.2. The highest BCUT2D eigenvalue weighted by Gasteiger charge is 2.19. The Morgan fingerprint density at radius 3 is 2.36 bits per heavy atom. The number of nitrogens with zero attached hydrogens (tertiary/aromatic N) is 2. The molecule has 0 atom stereocenters. The first-order chi connectivity index (χ1) is 10.3. The lowest BCUT2D eigenvalue weighted by Gasteiger charge is -2.24. The van der Waals surface area contributed by atoms with Crippen LogP contribution in [0.2, 0.25) is 0 Å². The van der Waals surface area contributed by atoms with Gasteiger partial charge in [-0.1, -0.05) is 19.3 Å². The molecule has 7 heteroatoms. The van der Waals surface area contributed by atoms with Crippen LogP contribution in [0.25, 0.3) is 0 Å². The van der Waals surface area contributed by atoms with Gasteiger partial charge in [0.15, 0.2) is 9.84 Å². The van der Waals surface area contributed by atoms with Gasteiger partial charge in [-0.05, 0) is 19.8 Å². The maximum Gasteiger partial charge on any atom is 0.227 e. The Kier molecular flexibility index (Phi) is 5.97. The van der Waals surface area contributed by atoms with Gasteiger partial charge < -0.3 is 4.90 Å². The van der Waals surface area contributed by atoms with Gasteiger partial charge in [0, 0.05) is 24.2 Å². The van der Waals surface area contributed by atoms with Gasteiger partial charge >= 0.3 is 0 Å². The largest absolute Gasteiger partial charge is 0.342 e. The predicted molar refractivity (Wildman–Crippen MR) is 88.8 cm³/mol. The number of thiazole rings is 1. The Morgan fingerprint density at radius 2 is 1.77 bits per heavy atom. The molecule has 2 rings (SSSR count). The molecule has 0 spiro atoms. The molecule has 1 saturated heterocycles. The Labute approximate surface area is 136 Å². The molecule has 5 nitrogen and oxygen atoms in total. The van der Waals surface area contributed by atoms with Crippen LogP contribution in [-0.4, -0.2) is 43.6 Å². The molecule has 1 aromatic heterocycles. The van der Waals surface area contributed by atoms with Crippen molar-refractivity contribution in [3.8, 4) is 0 Å². The molecule has 1 aliphatic rings. The zero-order valence-electron chi connectivity index (χ0n) is 13.3. The predicted octanol–water partition coefficient (Wildman–Crippen LogP) is 2.33. The summed E-state index contributed by atoms with van der Waals surface area (Å²) in [5.41, 5.74) is 0.782. The van der Waals surface area contributed by atoms with Gasteiger partial charge in [-0.15, -0.1) is 11.3 Å². The van der Waals surface area contributed by atoms with E-state index in [9.17, 15) is 13.2 Å². The van der Waals surface area contributed by atoms with E-state index in [1.165, 1.54) is 36.9 Å². The average Bonchev–Trinajstić information content (AvgIpc) is 2.66. The highest BCUT2D eigenvalue weighted by molar-refractivity contribution is 7.90. The first-order valence-electron chi connectivity index (χ1n) is 7.76. The Balaban J connectivity index is 2.01. The van der Waals surface area contributed by atoms with Crippen molar-refractivity contribution >= 4 is 27.1 Å². The highest BCUT2D eigenvalue weighted by atomic mass is 32.2. The molecule has 2 heterocycles. The van der Waals surface area contributed by atoms with E-state index in [1.807, 2.05) is 11.8 Å². The summed E-state index contributed by atoms with van der Waals surface area (Å²) in [7, 11) is -3.09. The number of carbonyl (C=O) groups is 1. The molecule has 1 fully saturated rings. The third-order valence-electron chi connectivity index (χ3n) is 3.84. The van der Waals surface area contributed by atoms with Crippen molar-refractivity contribution in [1.82, 2.24) is 9.88 Å². The van der Waals surface area contributed by atoms with Crippen LogP contribution in [0.1, 0.15) is 47.7 Å². The molecular weight excluding hydrogens is 320 g/mol. The monoisotopic (exact) mass is 344 g/mol. The molecule has 0 bridgehead atoms. The molecule has 0 aromatic carbocycles. The van der Waals surface area contributed by atoms with Gasteiger partial charge in [-0.2, -0.15) is 0 Å². The maximum absolute atomic E-state index is 12.5. The minimum absolute atomic E-state index is 0.0452. The molecule has 1 aromatic rings. The summed E-state index contributed by atoms with van der Waals surface area (Å²) < 4.78 is 22.7. The summed E-state index contributed by atoms with van der Waals surface area (Å²) in [5, 5.41) is 0.579. The summed E-state index contributed by atoms with van der Waals surface area (Å²) in [6, 6.07) is 0. The fourth-order valence-corrected chi connectivity index (χ4v) is 4.93. The number of hydrogen-bond donors (Lipinski definition) is 0. The quantitative estimate of drug-likeness (QED) is 0.841. The normalized spacial score (nSPS) is 17.1. The lowest BCUT2D eigenvalue weighted by atomic mass is 10.1. The number of amides is 1. The number of hydrogen-bond acceptors (Lipinski definition) is 5. The number of rotatable bonds is 4. The van der Waals surface area contributed by atoms with Crippen LogP contribution in [0, 0.1) is 6.92 Å². The third-order valence-corrected chi connectivity index (χ3v) is 5.98. The van der Waals surface area contributed by atoms with E-state index in [2.05, 4.69) is 4.98 Å². The van der Waals surface area contributed by atoms with Crippen LogP contribution in [0.15, 0.2) is 0 Å². The SMILES string of the molecule is Cc1nc(CS(C)(=O)=O)sc1CC(=O)N1CCCCCCC1. The second-order valence-electron chi connectivity index (χ2n) is 6.01. The van der Waals surface area contributed by atoms with Crippen LogP contribution in [0.4, 0.5) is 0 Å². The minimum atomic E-state index is -3.09. The summed E-state index contributed by atoms with van der Waals surface area (Å²) in [4.78, 5) is 19.6. The van der Waals surface area contributed by atoms with Crippen molar-refractivity contribution in [2.24, 2.45) is 0 Å². The van der Waals surface area contributed by atoms with Crippen molar-refractivity contribution in [3.63, 3.8) is 0 Å². The summed E-state index contributed by atoms with van der Waals surface area (Å²) in [6.45, 7) is 3.53. The lowest BCUT2D eigenvalue weighted by molar-refractivity contribution is -0.130. The second-order valence-corrected chi connectivity index (χ2v) is 9.32. The maximum atomic E-state index is 12.5. The van der Waals surface area contributed by atoms with E-state index >= 15 is 0 Å². The van der Waals surface area contributed by atoms with E-state index in [4.69, 9.17) is 0 Å². The van der Waals surface area contributed by atoms with Crippen LogP contribution in [0.5, 0.6) is 0 Å². The van der Waals surface area contributed by atoms with Crippen molar-refractivity contribution in [1.29, 1.82) is 0 Å². The number of carbonyl (C=O) groups excluding carboxylic acids is 1. The average molecular weight is 345 g/mol. The molecule has 1 amide bonds. The van der Waals surface area contributed by atoms with Gasteiger partial charge in [-0.3, -0.25) is 4.79 Å². The van der Waals surface area contributed by atoms with Gasteiger partial charge in [0.25, 0.3) is 0 Å². The molecule has 0 N–H and O–H groups in total. The van der Waals surface area contributed by atoms with Crippen LogP contribution >= 0.6 is 11.3 Å². The van der Waals surface area contributed by atoms with E-state index in [0.717, 1.165) is 36.5 Å². The fraction of sp³-hybridized carbons (Fsp3) is 0.733. The number of aryl methyl sites for hydroxylation is 1. The molecule has 1 aliphatic heterocycles. The fourth-order valence-electron chi connectivity index (χ4n) is 2.68. The smallest absolute Gasteiger partial charge is 0.227 e. The summed E-state index contributed by atoms with van der Waals surface area (Å²) in [5.74, 6) is 0.0933. The Hall–Kier alpha value is -0.950. The second kappa shape index (κ2) is 7.55. The van der Waals surface area contributed by atoms with E-state index in [-0.39, 0.29) is 11.7 Å². The van der Waals surface area contributed by atoms with Gasteiger partial charge in [0.05, 0.1) is 12.1 Å². The first-order valence-corrected chi connectivity index (χ1v) is 10.6. The summed E-state index contributed by atoms with van der Waals surface area (Å²) >= 11 is 1.35. The third kappa shape index (κ3) is 5.35. The number of aromatic nitrogens is 1. The van der Waals surface area contributed by atoms with Gasteiger partial charge in [0.2, 0.25) is 5.91 Å².